The lowest BCUT2D eigenvalue weighted by Crippen LogP contribution is -2.07. The van der Waals surface area contributed by atoms with Gasteiger partial charge in [0.05, 0.1) is 6.61 Å². The average Bonchev–Trinajstić information content (AvgIpc) is 2.53. The fraction of sp³-hybridized carbons (Fsp3) is 0.444. The van der Waals surface area contributed by atoms with Gasteiger partial charge in [0.25, 0.3) is 0 Å². The zero-order chi connectivity index (χ0) is 17.4. The van der Waals surface area contributed by atoms with Gasteiger partial charge in [-0.25, -0.2) is 4.98 Å². The largest absolute Gasteiger partial charge is 0.493 e. The minimum atomic E-state index is 0.154. The number of nitrogens with zero attached hydrogens (tertiary/aromatic N) is 2. The predicted octanol–water partition coefficient (Wildman–Crippen LogP) is 4.59. The van der Waals surface area contributed by atoms with Crippen LogP contribution in [0.1, 0.15) is 43.7 Å². The minimum Gasteiger partial charge on any atom is -0.493 e. The highest BCUT2D eigenvalue weighted by molar-refractivity contribution is 6.29. The van der Waals surface area contributed by atoms with Gasteiger partial charge in [-0.15, -0.1) is 0 Å². The van der Waals surface area contributed by atoms with Gasteiger partial charge in [0.15, 0.2) is 0 Å². The molecule has 3 N–H and O–H groups in total. The second kappa shape index (κ2) is 9.33. The first-order valence-electron chi connectivity index (χ1n) is 8.34. The third-order valence-corrected chi connectivity index (χ3v) is 3.84. The Morgan fingerprint density at radius 2 is 2.00 bits per heavy atom. The van der Waals surface area contributed by atoms with Crippen LogP contribution in [0.5, 0.6) is 5.75 Å². The molecule has 1 aromatic carbocycles. The normalized spacial score (nSPS) is 10.6. The van der Waals surface area contributed by atoms with Crippen molar-refractivity contribution in [3.8, 4) is 5.75 Å². The summed E-state index contributed by atoms with van der Waals surface area (Å²) in [4.78, 5) is 7.97. The topological polar surface area (TPSA) is 73.1 Å². The van der Waals surface area contributed by atoms with Crippen LogP contribution in [0.25, 0.3) is 0 Å². The summed E-state index contributed by atoms with van der Waals surface area (Å²) in [6, 6.07) is 7.85. The summed E-state index contributed by atoms with van der Waals surface area (Å²) in [5.41, 5.74) is 7.86. The maximum absolute atomic E-state index is 5.98. The number of ether oxygens (including phenoxy) is 1. The van der Waals surface area contributed by atoms with Crippen molar-refractivity contribution < 1.29 is 4.74 Å². The summed E-state index contributed by atoms with van der Waals surface area (Å²) in [5, 5.41) is 3.54. The number of unbranched alkanes of at least 4 members (excludes halogenated alkanes) is 3. The molecule has 0 fully saturated rings. The molecule has 1 heterocycles. The number of rotatable bonds is 9. The van der Waals surface area contributed by atoms with Crippen LogP contribution in [-0.4, -0.2) is 16.6 Å². The van der Waals surface area contributed by atoms with Crippen molar-refractivity contribution in [2.45, 2.75) is 46.1 Å². The van der Waals surface area contributed by atoms with Crippen LogP contribution in [0.2, 0.25) is 5.15 Å². The molecule has 0 bridgehead atoms. The highest BCUT2D eigenvalue weighted by atomic mass is 35.5. The zero-order valence-corrected chi connectivity index (χ0v) is 15.1. The summed E-state index contributed by atoms with van der Waals surface area (Å²) >= 11 is 5.90. The number of nitrogens with one attached hydrogen (secondary N) is 1. The molecule has 0 aliphatic carbocycles. The molecule has 0 aliphatic heterocycles. The van der Waals surface area contributed by atoms with Crippen LogP contribution in [0.15, 0.2) is 24.3 Å². The molecule has 24 heavy (non-hydrogen) atoms. The van der Waals surface area contributed by atoms with Crippen LogP contribution < -0.4 is 15.8 Å². The predicted molar refractivity (Wildman–Crippen MR) is 99.6 cm³/mol. The van der Waals surface area contributed by atoms with E-state index in [9.17, 15) is 0 Å². The number of aromatic nitrogens is 2. The number of hydrogen-bond donors (Lipinski definition) is 2. The summed E-state index contributed by atoms with van der Waals surface area (Å²) < 4.78 is 5.98. The van der Waals surface area contributed by atoms with E-state index in [4.69, 9.17) is 22.1 Å². The molecule has 0 saturated carbocycles. The lowest BCUT2D eigenvalue weighted by Gasteiger charge is -2.14. The maximum Gasteiger partial charge on any atom is 0.223 e. The number of halogens is 1. The number of nitrogen functional groups attached to an aromatic ring is 1. The van der Waals surface area contributed by atoms with Crippen LogP contribution in [0, 0.1) is 6.92 Å². The van der Waals surface area contributed by atoms with E-state index in [0.29, 0.717) is 17.5 Å². The molecule has 130 valence electrons. The molecular weight excluding hydrogens is 324 g/mol. The van der Waals surface area contributed by atoms with Gasteiger partial charge in [0.1, 0.15) is 16.7 Å². The third kappa shape index (κ3) is 5.89. The fourth-order valence-electron chi connectivity index (χ4n) is 2.36. The van der Waals surface area contributed by atoms with Crippen molar-refractivity contribution in [2.75, 3.05) is 17.7 Å². The van der Waals surface area contributed by atoms with Crippen LogP contribution >= 0.6 is 11.6 Å². The summed E-state index contributed by atoms with van der Waals surface area (Å²) in [7, 11) is 0. The van der Waals surface area contributed by atoms with E-state index in [1.165, 1.54) is 24.8 Å². The molecule has 2 aromatic rings. The van der Waals surface area contributed by atoms with E-state index in [0.717, 1.165) is 24.3 Å². The number of benzene rings is 1. The first-order valence-corrected chi connectivity index (χ1v) is 8.72. The minimum absolute atomic E-state index is 0.154. The van der Waals surface area contributed by atoms with Gasteiger partial charge in [-0.1, -0.05) is 49.9 Å². The fourth-order valence-corrected chi connectivity index (χ4v) is 2.55. The first kappa shape index (κ1) is 18.3. The smallest absolute Gasteiger partial charge is 0.223 e. The molecular formula is C18H25ClN4O. The molecule has 0 atom stereocenters. The van der Waals surface area contributed by atoms with E-state index < -0.39 is 0 Å². The Morgan fingerprint density at radius 1 is 1.17 bits per heavy atom. The zero-order valence-electron chi connectivity index (χ0n) is 14.3. The number of hydrogen-bond acceptors (Lipinski definition) is 5. The quantitative estimate of drug-likeness (QED) is 0.512. The van der Waals surface area contributed by atoms with Crippen molar-refractivity contribution >= 4 is 23.4 Å². The first-order chi connectivity index (χ1) is 11.6. The Morgan fingerprint density at radius 3 is 2.75 bits per heavy atom. The van der Waals surface area contributed by atoms with E-state index in [-0.39, 0.29) is 5.95 Å². The van der Waals surface area contributed by atoms with Crippen molar-refractivity contribution in [1.29, 1.82) is 0 Å². The second-order valence-electron chi connectivity index (χ2n) is 5.81. The van der Waals surface area contributed by atoms with Crippen molar-refractivity contribution in [3.05, 3.63) is 40.5 Å². The van der Waals surface area contributed by atoms with Gasteiger partial charge in [-0.2, -0.15) is 4.98 Å². The molecule has 0 spiro atoms. The van der Waals surface area contributed by atoms with Gasteiger partial charge in [-0.3, -0.25) is 0 Å². The summed E-state index contributed by atoms with van der Waals surface area (Å²) in [6.45, 7) is 5.59. The van der Waals surface area contributed by atoms with E-state index in [2.05, 4.69) is 47.3 Å². The molecule has 0 radical (unpaired) electrons. The summed E-state index contributed by atoms with van der Waals surface area (Å²) in [5.74, 6) is 1.66. The Hall–Kier alpha value is -2.01. The SMILES string of the molecule is CCCCCCOc1cc(C)ccc1CNc1cc(Cl)nc(N)n1. The maximum atomic E-state index is 5.98. The lowest BCUT2D eigenvalue weighted by molar-refractivity contribution is 0.302. The third-order valence-electron chi connectivity index (χ3n) is 3.65. The average molecular weight is 349 g/mol. The highest BCUT2D eigenvalue weighted by Gasteiger charge is 2.06. The molecule has 5 nitrogen and oxygen atoms in total. The number of aryl methyl sites for hydroxylation is 1. The van der Waals surface area contributed by atoms with Gasteiger partial charge in [0, 0.05) is 18.2 Å². The van der Waals surface area contributed by atoms with Gasteiger partial charge in [0.2, 0.25) is 5.95 Å². The van der Waals surface area contributed by atoms with Crippen LogP contribution in [0.4, 0.5) is 11.8 Å². The lowest BCUT2D eigenvalue weighted by atomic mass is 10.1. The van der Waals surface area contributed by atoms with E-state index in [1.54, 1.807) is 6.07 Å². The highest BCUT2D eigenvalue weighted by Crippen LogP contribution is 2.22. The van der Waals surface area contributed by atoms with E-state index in [1.807, 2.05) is 0 Å². The van der Waals surface area contributed by atoms with Crippen molar-refractivity contribution in [1.82, 2.24) is 9.97 Å². The Bertz CT molecular complexity index is 643. The van der Waals surface area contributed by atoms with Crippen LogP contribution in [0.3, 0.4) is 0 Å². The molecule has 0 saturated heterocycles. The molecule has 6 heteroatoms. The number of nitrogens with two attached hydrogens (primary N) is 1. The Kier molecular flexibility index (Phi) is 7.12. The molecule has 2 rings (SSSR count). The van der Waals surface area contributed by atoms with Crippen LogP contribution in [-0.2, 0) is 6.54 Å². The Labute approximate surface area is 148 Å². The molecule has 0 amide bonds. The van der Waals surface area contributed by atoms with Crippen molar-refractivity contribution in [2.24, 2.45) is 0 Å². The number of anilines is 2. The Balaban J connectivity index is 1.98. The second-order valence-corrected chi connectivity index (χ2v) is 6.20. The van der Waals surface area contributed by atoms with Gasteiger partial charge in [-0.05, 0) is 25.0 Å². The summed E-state index contributed by atoms with van der Waals surface area (Å²) in [6.07, 6.45) is 4.76. The van der Waals surface area contributed by atoms with Crippen molar-refractivity contribution in [3.63, 3.8) is 0 Å². The van der Waals surface area contributed by atoms with Gasteiger partial charge >= 0.3 is 0 Å². The molecule has 0 unspecified atom stereocenters. The standard InChI is InChI=1S/C18H25ClN4O/c1-3-4-5-6-9-24-15-10-13(2)7-8-14(15)12-21-17-11-16(19)22-18(20)23-17/h7-8,10-11H,3-6,9,12H2,1-2H3,(H3,20,21,22,23). The molecule has 0 aliphatic rings. The van der Waals surface area contributed by atoms with Gasteiger partial charge < -0.3 is 15.8 Å². The van der Waals surface area contributed by atoms with E-state index >= 15 is 0 Å². The monoisotopic (exact) mass is 348 g/mol. The molecule has 1 aromatic heterocycles.